The van der Waals surface area contributed by atoms with Gasteiger partial charge in [0.25, 0.3) is 0 Å². The van der Waals surface area contributed by atoms with Crippen LogP contribution in [0.5, 0.6) is 0 Å². The van der Waals surface area contributed by atoms with Crippen LogP contribution in [0.15, 0.2) is 42.6 Å². The number of rotatable bonds is 2. The molecular weight excluding hydrogens is 220 g/mol. The zero-order chi connectivity index (χ0) is 12.5. The van der Waals surface area contributed by atoms with E-state index in [4.69, 9.17) is 5.73 Å². The van der Waals surface area contributed by atoms with Crippen molar-refractivity contribution in [3.05, 3.63) is 65.0 Å². The average molecular weight is 238 g/mol. The Morgan fingerprint density at radius 1 is 1.28 bits per heavy atom. The largest absolute Gasteiger partial charge is 0.324 e. The molecular formula is C16H18N2. The highest BCUT2D eigenvalue weighted by Crippen LogP contribution is 2.36. The van der Waals surface area contributed by atoms with Crippen LogP contribution in [0.2, 0.25) is 0 Å². The molecule has 18 heavy (non-hydrogen) atoms. The first-order valence-corrected chi connectivity index (χ1v) is 6.55. The van der Waals surface area contributed by atoms with Gasteiger partial charge in [-0.15, -0.1) is 0 Å². The summed E-state index contributed by atoms with van der Waals surface area (Å²) in [6, 6.07) is 12.9. The van der Waals surface area contributed by atoms with Gasteiger partial charge in [-0.2, -0.15) is 0 Å². The van der Waals surface area contributed by atoms with Gasteiger partial charge in [-0.1, -0.05) is 30.3 Å². The fourth-order valence-corrected chi connectivity index (χ4v) is 2.80. The van der Waals surface area contributed by atoms with Crippen LogP contribution in [-0.2, 0) is 6.42 Å². The van der Waals surface area contributed by atoms with Crippen molar-refractivity contribution in [3.8, 4) is 0 Å². The summed E-state index contributed by atoms with van der Waals surface area (Å²) < 4.78 is 0. The first-order valence-electron chi connectivity index (χ1n) is 6.55. The molecule has 0 saturated heterocycles. The van der Waals surface area contributed by atoms with Gasteiger partial charge < -0.3 is 5.73 Å². The third-order valence-corrected chi connectivity index (χ3v) is 3.80. The lowest BCUT2D eigenvalue weighted by atomic mass is 9.94. The molecule has 3 rings (SSSR count). The van der Waals surface area contributed by atoms with Crippen molar-refractivity contribution in [3.63, 3.8) is 0 Å². The monoisotopic (exact) mass is 238 g/mol. The minimum atomic E-state index is 0.0922. The van der Waals surface area contributed by atoms with Gasteiger partial charge in [-0.05, 0) is 42.5 Å². The van der Waals surface area contributed by atoms with E-state index in [1.165, 1.54) is 22.4 Å². The van der Waals surface area contributed by atoms with E-state index in [0.717, 1.165) is 12.8 Å². The highest BCUT2D eigenvalue weighted by Gasteiger charge is 2.25. The Morgan fingerprint density at radius 2 is 2.17 bits per heavy atom. The molecule has 2 nitrogen and oxygen atoms in total. The van der Waals surface area contributed by atoms with Crippen LogP contribution in [-0.4, -0.2) is 4.98 Å². The minimum absolute atomic E-state index is 0.0922. The number of hydrogen-bond acceptors (Lipinski definition) is 2. The lowest BCUT2D eigenvalue weighted by Crippen LogP contribution is -2.06. The molecule has 0 radical (unpaired) electrons. The summed E-state index contributed by atoms with van der Waals surface area (Å²) in [5, 5.41) is 0. The number of pyridine rings is 1. The Morgan fingerprint density at radius 3 is 3.00 bits per heavy atom. The molecule has 2 N–H and O–H groups in total. The van der Waals surface area contributed by atoms with Crippen LogP contribution in [0.1, 0.15) is 47.7 Å². The number of fused-ring (bicyclic) bond motifs is 1. The normalized spacial score (nSPS) is 19.6. The summed E-state index contributed by atoms with van der Waals surface area (Å²) in [7, 11) is 0. The van der Waals surface area contributed by atoms with Gasteiger partial charge in [-0.3, -0.25) is 4.98 Å². The lowest BCUT2D eigenvalue weighted by molar-refractivity contribution is 0.761. The molecule has 2 unspecified atom stereocenters. The van der Waals surface area contributed by atoms with Gasteiger partial charge >= 0.3 is 0 Å². The SMILES string of the molecule is CC(N)c1cccc(C2CCc3cccnc32)c1. The summed E-state index contributed by atoms with van der Waals surface area (Å²) in [5.74, 6) is 0.444. The van der Waals surface area contributed by atoms with Crippen molar-refractivity contribution in [2.45, 2.75) is 31.7 Å². The molecule has 0 saturated carbocycles. The van der Waals surface area contributed by atoms with Gasteiger partial charge in [0.1, 0.15) is 0 Å². The van der Waals surface area contributed by atoms with E-state index in [2.05, 4.69) is 35.3 Å². The molecule has 2 heteroatoms. The quantitative estimate of drug-likeness (QED) is 0.872. The number of aromatic nitrogens is 1. The Kier molecular flexibility index (Phi) is 2.88. The summed E-state index contributed by atoms with van der Waals surface area (Å²) in [6.45, 7) is 2.03. The van der Waals surface area contributed by atoms with E-state index in [0.29, 0.717) is 5.92 Å². The molecule has 1 aliphatic carbocycles. The van der Waals surface area contributed by atoms with Gasteiger partial charge in [0.15, 0.2) is 0 Å². The van der Waals surface area contributed by atoms with Crippen LogP contribution < -0.4 is 5.73 Å². The van der Waals surface area contributed by atoms with Crippen molar-refractivity contribution >= 4 is 0 Å². The number of nitrogens with zero attached hydrogens (tertiary/aromatic N) is 1. The molecule has 2 aromatic rings. The summed E-state index contributed by atoms with van der Waals surface area (Å²) >= 11 is 0. The fourth-order valence-electron chi connectivity index (χ4n) is 2.80. The molecule has 0 aliphatic heterocycles. The first-order chi connectivity index (χ1) is 8.75. The second kappa shape index (κ2) is 4.54. The first kappa shape index (κ1) is 11.4. The zero-order valence-corrected chi connectivity index (χ0v) is 10.6. The maximum absolute atomic E-state index is 5.96. The third-order valence-electron chi connectivity index (χ3n) is 3.80. The van der Waals surface area contributed by atoms with Crippen molar-refractivity contribution in [2.75, 3.05) is 0 Å². The number of benzene rings is 1. The summed E-state index contributed by atoms with van der Waals surface area (Å²) in [6.07, 6.45) is 4.19. The summed E-state index contributed by atoms with van der Waals surface area (Å²) in [4.78, 5) is 4.56. The van der Waals surface area contributed by atoms with Crippen molar-refractivity contribution in [2.24, 2.45) is 5.73 Å². The minimum Gasteiger partial charge on any atom is -0.324 e. The third kappa shape index (κ3) is 1.93. The second-order valence-corrected chi connectivity index (χ2v) is 5.10. The smallest absolute Gasteiger partial charge is 0.0510 e. The van der Waals surface area contributed by atoms with Crippen molar-refractivity contribution < 1.29 is 0 Å². The van der Waals surface area contributed by atoms with Gasteiger partial charge in [-0.25, -0.2) is 0 Å². The van der Waals surface area contributed by atoms with Gasteiger partial charge in [0.05, 0.1) is 5.69 Å². The van der Waals surface area contributed by atoms with Crippen LogP contribution in [0.25, 0.3) is 0 Å². The highest BCUT2D eigenvalue weighted by atomic mass is 14.7. The van der Waals surface area contributed by atoms with Crippen LogP contribution in [0, 0.1) is 0 Å². The standard InChI is InChI=1S/C16H18N2/c1-11(17)13-4-2-5-14(10-13)15-8-7-12-6-3-9-18-16(12)15/h2-6,9-11,15H,7-8,17H2,1H3. The Hall–Kier alpha value is -1.67. The summed E-state index contributed by atoms with van der Waals surface area (Å²) in [5.41, 5.74) is 11.2. The fraction of sp³-hybridized carbons (Fsp3) is 0.312. The maximum Gasteiger partial charge on any atom is 0.0510 e. The second-order valence-electron chi connectivity index (χ2n) is 5.10. The van der Waals surface area contributed by atoms with E-state index in [9.17, 15) is 0 Å². The average Bonchev–Trinajstić information content (AvgIpc) is 2.82. The molecule has 92 valence electrons. The molecule has 0 spiro atoms. The van der Waals surface area contributed by atoms with E-state index < -0.39 is 0 Å². The van der Waals surface area contributed by atoms with E-state index >= 15 is 0 Å². The van der Waals surface area contributed by atoms with E-state index in [1.54, 1.807) is 0 Å². The Labute approximate surface area is 108 Å². The topological polar surface area (TPSA) is 38.9 Å². The predicted octanol–water partition coefficient (Wildman–Crippen LogP) is 3.18. The maximum atomic E-state index is 5.96. The van der Waals surface area contributed by atoms with Gasteiger partial charge in [0.2, 0.25) is 0 Å². The predicted molar refractivity (Wildman–Crippen MR) is 73.4 cm³/mol. The number of nitrogens with two attached hydrogens (primary N) is 1. The van der Waals surface area contributed by atoms with Crippen LogP contribution in [0.4, 0.5) is 0 Å². The van der Waals surface area contributed by atoms with Crippen LogP contribution in [0.3, 0.4) is 0 Å². The zero-order valence-electron chi connectivity index (χ0n) is 10.6. The van der Waals surface area contributed by atoms with Gasteiger partial charge in [0, 0.05) is 18.2 Å². The molecule has 0 bridgehead atoms. The van der Waals surface area contributed by atoms with Crippen molar-refractivity contribution in [1.82, 2.24) is 4.98 Å². The lowest BCUT2D eigenvalue weighted by Gasteiger charge is -2.14. The Bertz CT molecular complexity index is 561. The molecule has 1 aliphatic rings. The number of hydrogen-bond donors (Lipinski definition) is 1. The molecule has 0 amide bonds. The van der Waals surface area contributed by atoms with Crippen LogP contribution >= 0.6 is 0 Å². The van der Waals surface area contributed by atoms with Crippen molar-refractivity contribution in [1.29, 1.82) is 0 Å². The molecule has 1 heterocycles. The molecule has 1 aromatic heterocycles. The molecule has 0 fully saturated rings. The number of aryl methyl sites for hydroxylation is 1. The van der Waals surface area contributed by atoms with E-state index in [-0.39, 0.29) is 6.04 Å². The molecule has 1 aromatic carbocycles. The molecule has 2 atom stereocenters. The highest BCUT2D eigenvalue weighted by molar-refractivity contribution is 5.39. The Balaban J connectivity index is 2.00. The van der Waals surface area contributed by atoms with E-state index in [1.807, 2.05) is 19.2 Å².